The van der Waals surface area contributed by atoms with Gasteiger partial charge in [0.25, 0.3) is 0 Å². The summed E-state index contributed by atoms with van der Waals surface area (Å²) in [7, 11) is 0. The molecule has 0 radical (unpaired) electrons. The van der Waals surface area contributed by atoms with Crippen LogP contribution in [-0.2, 0) is 20.7 Å². The first-order valence-corrected chi connectivity index (χ1v) is 10.5. The highest BCUT2D eigenvalue weighted by atomic mass is 16.5. The Hall–Kier alpha value is -2.30. The van der Waals surface area contributed by atoms with Gasteiger partial charge in [-0.15, -0.1) is 0 Å². The molecule has 1 aliphatic carbocycles. The normalized spacial score (nSPS) is 13.6. The minimum atomic E-state index is -0.252. The van der Waals surface area contributed by atoms with Crippen molar-refractivity contribution >= 4 is 11.9 Å². The van der Waals surface area contributed by atoms with Crippen LogP contribution in [0.3, 0.4) is 0 Å². The zero-order valence-corrected chi connectivity index (χ0v) is 17.2. The molecule has 0 atom stereocenters. The van der Waals surface area contributed by atoms with Crippen molar-refractivity contribution in [2.75, 3.05) is 26.3 Å². The van der Waals surface area contributed by atoms with Crippen LogP contribution in [-0.4, -0.2) is 43.1 Å². The van der Waals surface area contributed by atoms with Crippen molar-refractivity contribution in [2.45, 2.75) is 58.8 Å². The van der Waals surface area contributed by atoms with Gasteiger partial charge in [-0.1, -0.05) is 23.8 Å². The van der Waals surface area contributed by atoms with Gasteiger partial charge in [-0.3, -0.25) is 9.59 Å². The number of carbonyl (C=O) groups is 2. The predicted octanol–water partition coefficient (Wildman–Crippen LogP) is 4.30. The summed E-state index contributed by atoms with van der Waals surface area (Å²) in [6, 6.07) is 7.63. The number of amides is 1. The lowest BCUT2D eigenvalue weighted by Gasteiger charge is -2.24. The second kappa shape index (κ2) is 12.2. The maximum absolute atomic E-state index is 12.9. The molecule has 0 bridgehead atoms. The lowest BCUT2D eigenvalue weighted by molar-refractivity contribution is -0.144. The van der Waals surface area contributed by atoms with Crippen molar-refractivity contribution in [3.05, 3.63) is 41.5 Å². The Balaban J connectivity index is 1.95. The Bertz CT molecular complexity index is 651. The van der Waals surface area contributed by atoms with Crippen molar-refractivity contribution in [1.82, 2.24) is 4.90 Å². The summed E-state index contributed by atoms with van der Waals surface area (Å²) in [6.07, 6.45) is 8.51. The third-order valence-electron chi connectivity index (χ3n) is 4.92. The van der Waals surface area contributed by atoms with Crippen molar-refractivity contribution < 1.29 is 19.1 Å². The number of carbonyl (C=O) groups excluding carboxylic acids is 2. The number of rotatable bonds is 11. The maximum Gasteiger partial charge on any atom is 0.307 e. The molecule has 0 spiro atoms. The van der Waals surface area contributed by atoms with E-state index in [9.17, 15) is 9.59 Å². The summed E-state index contributed by atoms with van der Waals surface area (Å²) in [5.41, 5.74) is 2.38. The van der Waals surface area contributed by atoms with Crippen molar-refractivity contribution in [3.63, 3.8) is 0 Å². The highest BCUT2D eigenvalue weighted by molar-refractivity contribution is 5.79. The molecule has 0 saturated carbocycles. The van der Waals surface area contributed by atoms with Crippen molar-refractivity contribution in [3.8, 4) is 5.75 Å². The Kier molecular flexibility index (Phi) is 9.60. The van der Waals surface area contributed by atoms with Gasteiger partial charge >= 0.3 is 5.97 Å². The number of ether oxygens (including phenoxy) is 2. The standard InChI is InChI=1S/C23H33NO4/c1-3-27-21-12-10-20(11-13-21)18-22(25)24(17-15-23(26)28-4-2)16-14-19-8-6-5-7-9-19/h8,10-13H,3-7,9,14-18H2,1-2H3. The molecule has 1 aromatic rings. The molecule has 0 unspecified atom stereocenters. The third-order valence-corrected chi connectivity index (χ3v) is 4.92. The summed E-state index contributed by atoms with van der Waals surface area (Å²) in [5.74, 6) is 0.602. The first-order chi connectivity index (χ1) is 13.6. The van der Waals surface area contributed by atoms with Crippen LogP contribution in [0.25, 0.3) is 0 Å². The summed E-state index contributed by atoms with van der Waals surface area (Å²) in [4.78, 5) is 26.4. The minimum Gasteiger partial charge on any atom is -0.494 e. The molecule has 2 rings (SSSR count). The van der Waals surface area contributed by atoms with Crippen LogP contribution >= 0.6 is 0 Å². The highest BCUT2D eigenvalue weighted by Crippen LogP contribution is 2.21. The number of allylic oxidation sites excluding steroid dienone is 1. The number of hydrogen-bond donors (Lipinski definition) is 0. The molecular formula is C23H33NO4. The first kappa shape index (κ1) is 22.0. The van der Waals surface area contributed by atoms with Crippen LogP contribution in [0.15, 0.2) is 35.9 Å². The van der Waals surface area contributed by atoms with E-state index in [0.717, 1.165) is 30.6 Å². The summed E-state index contributed by atoms with van der Waals surface area (Å²) in [6.45, 7) is 5.79. The van der Waals surface area contributed by atoms with E-state index < -0.39 is 0 Å². The van der Waals surface area contributed by atoms with Crippen LogP contribution in [0.5, 0.6) is 5.75 Å². The summed E-state index contributed by atoms with van der Waals surface area (Å²) >= 11 is 0. The fourth-order valence-electron chi connectivity index (χ4n) is 3.39. The van der Waals surface area contributed by atoms with Crippen molar-refractivity contribution in [1.29, 1.82) is 0 Å². The van der Waals surface area contributed by atoms with E-state index in [0.29, 0.717) is 32.7 Å². The molecule has 28 heavy (non-hydrogen) atoms. The Morgan fingerprint density at radius 2 is 1.82 bits per heavy atom. The number of benzene rings is 1. The lowest BCUT2D eigenvalue weighted by Crippen LogP contribution is -2.35. The van der Waals surface area contributed by atoms with Gasteiger partial charge in [-0.25, -0.2) is 0 Å². The molecule has 5 heteroatoms. The monoisotopic (exact) mass is 387 g/mol. The number of esters is 1. The van der Waals surface area contributed by atoms with E-state index in [1.165, 1.54) is 18.4 Å². The molecule has 0 N–H and O–H groups in total. The van der Waals surface area contributed by atoms with E-state index in [1.807, 2.05) is 36.1 Å². The van der Waals surface area contributed by atoms with E-state index >= 15 is 0 Å². The SMILES string of the molecule is CCOC(=O)CCN(CCC1=CCCCC1)C(=O)Cc1ccc(OCC)cc1. The van der Waals surface area contributed by atoms with Gasteiger partial charge in [0, 0.05) is 13.1 Å². The van der Waals surface area contributed by atoms with Gasteiger partial charge in [0.05, 0.1) is 26.1 Å². The average molecular weight is 388 g/mol. The van der Waals surface area contributed by atoms with Gasteiger partial charge < -0.3 is 14.4 Å². The molecule has 0 heterocycles. The van der Waals surface area contributed by atoms with Crippen LogP contribution in [0.1, 0.15) is 57.9 Å². The zero-order chi connectivity index (χ0) is 20.2. The maximum atomic E-state index is 12.9. The first-order valence-electron chi connectivity index (χ1n) is 10.5. The van der Waals surface area contributed by atoms with E-state index in [4.69, 9.17) is 9.47 Å². The molecule has 0 fully saturated rings. The van der Waals surface area contributed by atoms with Gasteiger partial charge in [-0.2, -0.15) is 0 Å². The van der Waals surface area contributed by atoms with Crippen LogP contribution in [0, 0.1) is 0 Å². The molecule has 1 aliphatic rings. The molecule has 154 valence electrons. The van der Waals surface area contributed by atoms with E-state index in [2.05, 4.69) is 6.08 Å². The molecular weight excluding hydrogens is 354 g/mol. The Morgan fingerprint density at radius 3 is 2.46 bits per heavy atom. The number of hydrogen-bond acceptors (Lipinski definition) is 4. The molecule has 5 nitrogen and oxygen atoms in total. The Labute approximate surface area is 168 Å². The van der Waals surface area contributed by atoms with Gasteiger partial charge in [-0.05, 0) is 63.6 Å². The quantitative estimate of drug-likeness (QED) is 0.420. The predicted molar refractivity (Wildman–Crippen MR) is 110 cm³/mol. The Morgan fingerprint density at radius 1 is 1.04 bits per heavy atom. The summed E-state index contributed by atoms with van der Waals surface area (Å²) < 4.78 is 10.5. The molecule has 0 saturated heterocycles. The topological polar surface area (TPSA) is 55.8 Å². The lowest BCUT2D eigenvalue weighted by atomic mass is 9.97. The molecule has 0 aliphatic heterocycles. The molecule has 1 aromatic carbocycles. The van der Waals surface area contributed by atoms with E-state index in [1.54, 1.807) is 6.92 Å². The van der Waals surface area contributed by atoms with Gasteiger partial charge in [0.15, 0.2) is 0 Å². The second-order valence-corrected chi connectivity index (χ2v) is 7.05. The minimum absolute atomic E-state index is 0.0462. The fourth-order valence-corrected chi connectivity index (χ4v) is 3.39. The van der Waals surface area contributed by atoms with Gasteiger partial charge in [0.2, 0.25) is 5.91 Å². The molecule has 1 amide bonds. The highest BCUT2D eigenvalue weighted by Gasteiger charge is 2.17. The number of nitrogens with zero attached hydrogens (tertiary/aromatic N) is 1. The average Bonchev–Trinajstić information content (AvgIpc) is 2.70. The molecule has 0 aromatic heterocycles. The van der Waals surface area contributed by atoms with E-state index in [-0.39, 0.29) is 18.3 Å². The van der Waals surface area contributed by atoms with Crippen molar-refractivity contribution in [2.24, 2.45) is 0 Å². The zero-order valence-electron chi connectivity index (χ0n) is 17.2. The largest absolute Gasteiger partial charge is 0.494 e. The second-order valence-electron chi connectivity index (χ2n) is 7.05. The third kappa shape index (κ3) is 7.75. The smallest absolute Gasteiger partial charge is 0.307 e. The van der Waals surface area contributed by atoms with Crippen LogP contribution in [0.2, 0.25) is 0 Å². The van der Waals surface area contributed by atoms with Gasteiger partial charge in [0.1, 0.15) is 5.75 Å². The fraction of sp³-hybridized carbons (Fsp3) is 0.565. The van der Waals surface area contributed by atoms with Crippen LogP contribution < -0.4 is 4.74 Å². The van der Waals surface area contributed by atoms with Crippen LogP contribution in [0.4, 0.5) is 0 Å². The summed E-state index contributed by atoms with van der Waals surface area (Å²) in [5, 5.41) is 0.